The van der Waals surface area contributed by atoms with E-state index in [9.17, 15) is 15.8 Å². The number of nitrogens with two attached hydrogens (primary N) is 1. The molecule has 2 atom stereocenters. The second-order valence-corrected chi connectivity index (χ2v) is 6.29. The van der Waals surface area contributed by atoms with Crippen molar-refractivity contribution in [2.75, 3.05) is 19.6 Å². The first-order valence-electron chi connectivity index (χ1n) is 8.18. The van der Waals surface area contributed by atoms with Crippen molar-refractivity contribution in [3.8, 4) is 18.2 Å². The fraction of sp³-hybridized carbons (Fsp3) is 0.368. The SMILES string of the molecule is CCN1CC=C2[C@H](C1)[C@@H](c1ccncc1)C(C#N)=C(N)C2(C#N)C#N. The summed E-state index contributed by atoms with van der Waals surface area (Å²) >= 11 is 0. The Hall–Kier alpha value is -3.14. The van der Waals surface area contributed by atoms with E-state index >= 15 is 0 Å². The van der Waals surface area contributed by atoms with Gasteiger partial charge in [-0.15, -0.1) is 0 Å². The van der Waals surface area contributed by atoms with Gasteiger partial charge in [0.05, 0.1) is 29.5 Å². The van der Waals surface area contributed by atoms with Crippen molar-refractivity contribution >= 4 is 0 Å². The fourth-order valence-electron chi connectivity index (χ4n) is 3.90. The highest BCUT2D eigenvalue weighted by Crippen LogP contribution is 2.52. The van der Waals surface area contributed by atoms with Crippen molar-refractivity contribution in [3.05, 3.63) is 53.0 Å². The van der Waals surface area contributed by atoms with Gasteiger partial charge in [0.25, 0.3) is 0 Å². The van der Waals surface area contributed by atoms with E-state index in [1.807, 2.05) is 18.2 Å². The molecule has 2 N–H and O–H groups in total. The van der Waals surface area contributed by atoms with E-state index in [2.05, 4.69) is 35.0 Å². The third kappa shape index (κ3) is 2.38. The van der Waals surface area contributed by atoms with Crippen molar-refractivity contribution < 1.29 is 0 Å². The van der Waals surface area contributed by atoms with Crippen molar-refractivity contribution in [2.45, 2.75) is 12.8 Å². The van der Waals surface area contributed by atoms with Crippen LogP contribution in [0.5, 0.6) is 0 Å². The van der Waals surface area contributed by atoms with Crippen LogP contribution < -0.4 is 5.73 Å². The molecule has 0 bridgehead atoms. The smallest absolute Gasteiger partial charge is 0.204 e. The first-order chi connectivity index (χ1) is 12.1. The molecule has 25 heavy (non-hydrogen) atoms. The Bertz CT molecular complexity index is 848. The minimum atomic E-state index is -1.56. The standard InChI is InChI=1S/C19H18N6/c1-2-25-8-5-16-15(10-25)17(13-3-6-24-7-4-13)14(9-20)18(23)19(16,11-21)12-22/h3-7,15,17H,2,8,10,23H2,1H3/t15-,17-/m0/s1. The molecule has 1 aromatic heterocycles. The maximum Gasteiger partial charge on any atom is 0.204 e. The summed E-state index contributed by atoms with van der Waals surface area (Å²) in [4.78, 5) is 6.28. The Morgan fingerprint density at radius 1 is 1.28 bits per heavy atom. The number of aromatic nitrogens is 1. The van der Waals surface area contributed by atoms with Crippen LogP contribution in [0, 0.1) is 45.3 Å². The molecule has 0 spiro atoms. The zero-order valence-electron chi connectivity index (χ0n) is 14.0. The predicted octanol–water partition coefficient (Wildman–Crippen LogP) is 1.83. The van der Waals surface area contributed by atoms with Gasteiger partial charge in [-0.25, -0.2) is 0 Å². The van der Waals surface area contributed by atoms with Gasteiger partial charge in [-0.05, 0) is 29.8 Å². The van der Waals surface area contributed by atoms with Gasteiger partial charge in [-0.2, -0.15) is 15.8 Å². The highest BCUT2D eigenvalue weighted by Gasteiger charge is 2.52. The Kier molecular flexibility index (Phi) is 4.28. The predicted molar refractivity (Wildman–Crippen MR) is 91.2 cm³/mol. The lowest BCUT2D eigenvalue weighted by atomic mass is 9.60. The van der Waals surface area contributed by atoms with Crippen molar-refractivity contribution in [1.29, 1.82) is 15.8 Å². The maximum absolute atomic E-state index is 9.78. The second kappa shape index (κ2) is 6.40. The number of fused-ring (bicyclic) bond motifs is 1. The number of pyridine rings is 1. The van der Waals surface area contributed by atoms with Crippen LogP contribution in [0.3, 0.4) is 0 Å². The minimum Gasteiger partial charge on any atom is -0.399 e. The first-order valence-corrected chi connectivity index (χ1v) is 8.18. The number of nitrogens with zero attached hydrogens (tertiary/aromatic N) is 5. The average molecular weight is 330 g/mol. The van der Waals surface area contributed by atoms with Crippen molar-refractivity contribution in [3.63, 3.8) is 0 Å². The second-order valence-electron chi connectivity index (χ2n) is 6.29. The molecule has 0 unspecified atom stereocenters. The van der Waals surface area contributed by atoms with Crippen LogP contribution in [0.4, 0.5) is 0 Å². The molecular weight excluding hydrogens is 312 g/mol. The molecule has 6 nitrogen and oxygen atoms in total. The quantitative estimate of drug-likeness (QED) is 0.827. The summed E-state index contributed by atoms with van der Waals surface area (Å²) in [6.07, 6.45) is 5.31. The fourth-order valence-corrected chi connectivity index (χ4v) is 3.90. The first kappa shape index (κ1) is 16.7. The molecule has 3 rings (SSSR count). The van der Waals surface area contributed by atoms with E-state index in [1.165, 1.54) is 0 Å². The Balaban J connectivity index is 2.29. The lowest BCUT2D eigenvalue weighted by molar-refractivity contribution is 0.234. The van der Waals surface area contributed by atoms with Gasteiger partial charge in [-0.3, -0.25) is 9.88 Å². The van der Waals surface area contributed by atoms with Crippen LogP contribution in [0.25, 0.3) is 0 Å². The summed E-state index contributed by atoms with van der Waals surface area (Å²) in [6.45, 7) is 4.28. The van der Waals surface area contributed by atoms with E-state index in [4.69, 9.17) is 5.73 Å². The van der Waals surface area contributed by atoms with Gasteiger partial charge in [0, 0.05) is 37.3 Å². The molecule has 2 aliphatic rings. The number of allylic oxidation sites excluding steroid dienone is 2. The van der Waals surface area contributed by atoms with Crippen LogP contribution in [0.1, 0.15) is 18.4 Å². The monoisotopic (exact) mass is 330 g/mol. The van der Waals surface area contributed by atoms with E-state index in [1.54, 1.807) is 12.4 Å². The van der Waals surface area contributed by atoms with E-state index in [0.29, 0.717) is 18.7 Å². The van der Waals surface area contributed by atoms with Crippen molar-refractivity contribution in [1.82, 2.24) is 9.88 Å². The number of rotatable bonds is 2. The molecule has 1 aliphatic carbocycles. The topological polar surface area (TPSA) is 114 Å². The molecule has 2 heterocycles. The molecule has 1 aliphatic heterocycles. The van der Waals surface area contributed by atoms with Crippen LogP contribution in [0.2, 0.25) is 0 Å². The number of hydrogen-bond acceptors (Lipinski definition) is 6. The molecule has 0 radical (unpaired) electrons. The van der Waals surface area contributed by atoms with E-state index in [-0.39, 0.29) is 17.5 Å². The number of nitriles is 3. The summed E-state index contributed by atoms with van der Waals surface area (Å²) in [6, 6.07) is 10.1. The van der Waals surface area contributed by atoms with Crippen LogP contribution in [-0.4, -0.2) is 29.5 Å². The minimum absolute atomic E-state index is 0.0641. The Morgan fingerprint density at radius 3 is 2.52 bits per heavy atom. The largest absolute Gasteiger partial charge is 0.399 e. The molecule has 0 saturated carbocycles. The zero-order valence-corrected chi connectivity index (χ0v) is 14.0. The average Bonchev–Trinajstić information content (AvgIpc) is 2.68. The lowest BCUT2D eigenvalue weighted by Gasteiger charge is -2.44. The van der Waals surface area contributed by atoms with Crippen LogP contribution in [-0.2, 0) is 0 Å². The third-order valence-electron chi connectivity index (χ3n) is 5.23. The number of likely N-dealkylation sites (N-methyl/N-ethyl adjacent to an activating group) is 1. The van der Waals surface area contributed by atoms with Gasteiger partial charge < -0.3 is 5.73 Å². The summed E-state index contributed by atoms with van der Waals surface area (Å²) in [5.41, 5.74) is 6.70. The molecule has 0 fully saturated rings. The zero-order chi connectivity index (χ0) is 18.0. The molecule has 0 aromatic carbocycles. The Morgan fingerprint density at radius 2 is 1.96 bits per heavy atom. The lowest BCUT2D eigenvalue weighted by Crippen LogP contribution is -2.47. The molecular formula is C19H18N6. The summed E-state index contributed by atoms with van der Waals surface area (Å²) in [5.74, 6) is -0.416. The third-order valence-corrected chi connectivity index (χ3v) is 5.23. The van der Waals surface area contributed by atoms with Gasteiger partial charge >= 0.3 is 0 Å². The van der Waals surface area contributed by atoms with Crippen LogP contribution in [0.15, 0.2) is 47.4 Å². The normalized spacial score (nSPS) is 25.1. The molecule has 6 heteroatoms. The van der Waals surface area contributed by atoms with Gasteiger partial charge in [-0.1, -0.05) is 13.0 Å². The summed E-state index contributed by atoms with van der Waals surface area (Å²) in [7, 11) is 0. The molecule has 124 valence electrons. The molecule has 1 aromatic rings. The molecule has 0 amide bonds. The van der Waals surface area contributed by atoms with Gasteiger partial charge in [0.15, 0.2) is 0 Å². The van der Waals surface area contributed by atoms with E-state index < -0.39 is 5.41 Å². The Labute approximate surface area is 147 Å². The van der Waals surface area contributed by atoms with Gasteiger partial charge in [0.1, 0.15) is 0 Å². The van der Waals surface area contributed by atoms with E-state index in [0.717, 1.165) is 17.7 Å². The highest BCUT2D eigenvalue weighted by atomic mass is 15.1. The highest BCUT2D eigenvalue weighted by molar-refractivity contribution is 5.58. The van der Waals surface area contributed by atoms with Crippen LogP contribution >= 0.6 is 0 Å². The number of hydrogen-bond donors (Lipinski definition) is 1. The maximum atomic E-state index is 9.78. The van der Waals surface area contributed by atoms with Gasteiger partial charge in [0.2, 0.25) is 5.41 Å². The molecule has 0 saturated heterocycles. The summed E-state index contributed by atoms with van der Waals surface area (Å²) < 4.78 is 0. The van der Waals surface area contributed by atoms with Crippen molar-refractivity contribution in [2.24, 2.45) is 17.1 Å². The summed E-state index contributed by atoms with van der Waals surface area (Å²) in [5, 5.41) is 29.3.